The van der Waals surface area contributed by atoms with Crippen molar-refractivity contribution in [2.75, 3.05) is 0 Å². The molecule has 1 heterocycles. The van der Waals surface area contributed by atoms with Gasteiger partial charge in [-0.1, -0.05) is 0 Å². The Morgan fingerprint density at radius 3 is 2.64 bits per heavy atom. The van der Waals surface area contributed by atoms with Gasteiger partial charge in [0.2, 0.25) is 0 Å². The van der Waals surface area contributed by atoms with Crippen LogP contribution in [0.25, 0.3) is 0 Å². The summed E-state index contributed by atoms with van der Waals surface area (Å²) in [6, 6.07) is 5.46. The monoisotopic (exact) mass is 255 g/mol. The largest absolute Gasteiger partial charge is 0.244 e. The Balaban J connectivity index is 3.38. The Bertz CT molecular complexity index is 327. The van der Waals surface area contributed by atoms with Gasteiger partial charge in [0, 0.05) is 6.20 Å². The molecule has 0 saturated carbocycles. The van der Waals surface area contributed by atoms with Crippen molar-refractivity contribution in [3.05, 3.63) is 27.1 Å². The molecule has 0 saturated heterocycles. The molecular formula is C7H2IN3. The number of nitrogens with zero attached hydrogens (tertiary/aromatic N) is 3. The van der Waals surface area contributed by atoms with Crippen LogP contribution >= 0.6 is 22.6 Å². The van der Waals surface area contributed by atoms with Gasteiger partial charge in [0.15, 0.2) is 5.69 Å². The van der Waals surface area contributed by atoms with Gasteiger partial charge in [-0.25, -0.2) is 4.98 Å². The van der Waals surface area contributed by atoms with Crippen molar-refractivity contribution in [3.63, 3.8) is 0 Å². The van der Waals surface area contributed by atoms with E-state index >= 15 is 0 Å². The van der Waals surface area contributed by atoms with Crippen molar-refractivity contribution in [2.24, 2.45) is 0 Å². The summed E-state index contributed by atoms with van der Waals surface area (Å²) in [5.74, 6) is 0. The summed E-state index contributed by atoms with van der Waals surface area (Å²) < 4.78 is 0.620. The molecule has 0 fully saturated rings. The minimum absolute atomic E-state index is 0.310. The zero-order valence-electron chi connectivity index (χ0n) is 5.37. The van der Waals surface area contributed by atoms with E-state index in [4.69, 9.17) is 10.5 Å². The van der Waals surface area contributed by atoms with E-state index in [9.17, 15) is 0 Å². The molecule has 0 unspecified atom stereocenters. The minimum Gasteiger partial charge on any atom is -0.244 e. The van der Waals surface area contributed by atoms with Crippen LogP contribution in [0.4, 0.5) is 0 Å². The van der Waals surface area contributed by atoms with Crippen LogP contribution in [0.2, 0.25) is 0 Å². The molecule has 52 valence electrons. The van der Waals surface area contributed by atoms with Gasteiger partial charge in [-0.3, -0.25) is 0 Å². The molecule has 0 atom stereocenters. The lowest BCUT2D eigenvalue weighted by Gasteiger charge is -1.93. The van der Waals surface area contributed by atoms with Crippen molar-refractivity contribution in [1.29, 1.82) is 10.5 Å². The summed E-state index contributed by atoms with van der Waals surface area (Å²) in [6.45, 7) is 0. The van der Waals surface area contributed by atoms with E-state index in [0.717, 1.165) is 0 Å². The highest BCUT2D eigenvalue weighted by Gasteiger charge is 2.03. The van der Waals surface area contributed by atoms with Crippen LogP contribution in [0.3, 0.4) is 0 Å². The second-order valence-corrected chi connectivity index (χ2v) is 2.82. The van der Waals surface area contributed by atoms with E-state index < -0.39 is 0 Å². The Morgan fingerprint density at radius 2 is 2.09 bits per heavy atom. The van der Waals surface area contributed by atoms with Crippen molar-refractivity contribution in [3.8, 4) is 12.1 Å². The number of hydrogen-bond acceptors (Lipinski definition) is 3. The third kappa shape index (κ3) is 1.47. The number of aromatic nitrogens is 1. The zero-order valence-corrected chi connectivity index (χ0v) is 7.53. The Labute approximate surface area is 77.4 Å². The van der Waals surface area contributed by atoms with Crippen LogP contribution < -0.4 is 0 Å². The highest BCUT2D eigenvalue weighted by Crippen LogP contribution is 2.12. The summed E-state index contributed by atoms with van der Waals surface area (Å²) in [6.07, 6.45) is 1.46. The van der Waals surface area contributed by atoms with E-state index in [1.165, 1.54) is 6.20 Å². The second kappa shape index (κ2) is 3.31. The lowest BCUT2D eigenvalue weighted by molar-refractivity contribution is 1.23. The van der Waals surface area contributed by atoms with Gasteiger partial charge in [0.25, 0.3) is 0 Å². The molecule has 0 spiro atoms. The Morgan fingerprint density at radius 1 is 1.36 bits per heavy atom. The van der Waals surface area contributed by atoms with E-state index in [-0.39, 0.29) is 0 Å². The standard InChI is InChI=1S/C7H2IN3/c8-7-5(3-9)1-2-11-6(7)4-10/h1-2H. The molecule has 0 amide bonds. The number of pyridine rings is 1. The molecule has 0 aromatic carbocycles. The number of hydrogen-bond donors (Lipinski definition) is 0. The highest BCUT2D eigenvalue weighted by molar-refractivity contribution is 14.1. The van der Waals surface area contributed by atoms with Gasteiger partial charge in [-0.05, 0) is 28.7 Å². The first-order valence-corrected chi connectivity index (χ1v) is 3.82. The highest BCUT2D eigenvalue weighted by atomic mass is 127. The van der Waals surface area contributed by atoms with Crippen LogP contribution in [0.5, 0.6) is 0 Å². The molecule has 4 heteroatoms. The fourth-order valence-electron chi connectivity index (χ4n) is 0.608. The summed E-state index contributed by atoms with van der Waals surface area (Å²) >= 11 is 1.93. The van der Waals surface area contributed by atoms with Crippen LogP contribution in [0, 0.1) is 26.2 Å². The van der Waals surface area contributed by atoms with Crippen molar-refractivity contribution >= 4 is 22.6 Å². The average molecular weight is 255 g/mol. The smallest absolute Gasteiger partial charge is 0.155 e. The third-order valence-electron chi connectivity index (χ3n) is 1.12. The van der Waals surface area contributed by atoms with Gasteiger partial charge >= 0.3 is 0 Å². The second-order valence-electron chi connectivity index (χ2n) is 1.74. The number of nitriles is 2. The fourth-order valence-corrected chi connectivity index (χ4v) is 1.17. The van der Waals surface area contributed by atoms with E-state index in [1.54, 1.807) is 6.07 Å². The average Bonchev–Trinajstić information content (AvgIpc) is 2.05. The molecule has 3 nitrogen and oxygen atoms in total. The normalized spacial score (nSPS) is 8.27. The molecule has 0 aliphatic carbocycles. The van der Waals surface area contributed by atoms with Crippen molar-refractivity contribution in [2.45, 2.75) is 0 Å². The Kier molecular flexibility index (Phi) is 2.40. The maximum Gasteiger partial charge on any atom is 0.155 e. The zero-order chi connectivity index (χ0) is 8.27. The summed E-state index contributed by atoms with van der Waals surface area (Å²) in [4.78, 5) is 3.79. The SMILES string of the molecule is N#Cc1ccnc(C#N)c1I. The number of halogens is 1. The first-order chi connectivity index (χ1) is 5.29. The molecule has 0 aliphatic rings. The van der Waals surface area contributed by atoms with Gasteiger partial charge in [-0.2, -0.15) is 10.5 Å². The molecule has 0 radical (unpaired) electrons. The van der Waals surface area contributed by atoms with Crippen molar-refractivity contribution < 1.29 is 0 Å². The molecule has 0 N–H and O–H groups in total. The predicted octanol–water partition coefficient (Wildman–Crippen LogP) is 1.43. The summed E-state index contributed by atoms with van der Waals surface area (Å²) in [7, 11) is 0. The lowest BCUT2D eigenvalue weighted by Crippen LogP contribution is -1.90. The molecule has 1 rings (SSSR count). The molecule has 0 aliphatic heterocycles. The van der Waals surface area contributed by atoms with Gasteiger partial charge < -0.3 is 0 Å². The van der Waals surface area contributed by atoms with Gasteiger partial charge in [0.1, 0.15) is 12.1 Å². The van der Waals surface area contributed by atoms with Gasteiger partial charge in [-0.15, -0.1) is 0 Å². The molecule has 1 aromatic heterocycles. The minimum atomic E-state index is 0.310. The maximum atomic E-state index is 8.55. The first kappa shape index (κ1) is 7.96. The van der Waals surface area contributed by atoms with Crippen molar-refractivity contribution in [1.82, 2.24) is 4.98 Å². The maximum absolute atomic E-state index is 8.55. The fraction of sp³-hybridized carbons (Fsp3) is 0. The van der Waals surface area contributed by atoms with E-state index in [1.807, 2.05) is 34.7 Å². The molecule has 0 bridgehead atoms. The summed E-state index contributed by atoms with van der Waals surface area (Å²) in [5, 5.41) is 17.1. The van der Waals surface area contributed by atoms with Crippen LogP contribution in [-0.2, 0) is 0 Å². The Hall–Kier alpha value is -1.14. The summed E-state index contributed by atoms with van der Waals surface area (Å²) in [5.41, 5.74) is 0.807. The van der Waals surface area contributed by atoms with Crippen LogP contribution in [-0.4, -0.2) is 4.98 Å². The quantitative estimate of drug-likeness (QED) is 0.659. The van der Waals surface area contributed by atoms with Crippen LogP contribution in [0.1, 0.15) is 11.3 Å². The third-order valence-corrected chi connectivity index (χ3v) is 2.21. The lowest BCUT2D eigenvalue weighted by atomic mass is 10.2. The van der Waals surface area contributed by atoms with E-state index in [2.05, 4.69) is 4.98 Å². The molecule has 11 heavy (non-hydrogen) atoms. The van der Waals surface area contributed by atoms with E-state index in [0.29, 0.717) is 14.8 Å². The molecular weight excluding hydrogens is 253 g/mol. The number of rotatable bonds is 0. The van der Waals surface area contributed by atoms with Crippen LogP contribution in [0.15, 0.2) is 12.3 Å². The first-order valence-electron chi connectivity index (χ1n) is 2.74. The predicted molar refractivity (Wildman–Crippen MR) is 46.4 cm³/mol. The molecule has 1 aromatic rings. The van der Waals surface area contributed by atoms with Gasteiger partial charge in [0.05, 0.1) is 9.13 Å². The topological polar surface area (TPSA) is 60.5 Å².